The zero-order valence-electron chi connectivity index (χ0n) is 7.14. The van der Waals surface area contributed by atoms with Crippen molar-refractivity contribution in [2.75, 3.05) is 0 Å². The Morgan fingerprint density at radius 2 is 2.14 bits per heavy atom. The Labute approximate surface area is 78.0 Å². The summed E-state index contributed by atoms with van der Waals surface area (Å²) in [7, 11) is 0. The maximum absolute atomic E-state index is 11.8. The first-order valence-corrected chi connectivity index (χ1v) is 4.17. The van der Waals surface area contributed by atoms with Crippen molar-refractivity contribution in [2.24, 2.45) is 0 Å². The van der Waals surface area contributed by atoms with Gasteiger partial charge in [0.05, 0.1) is 10.9 Å². The lowest BCUT2D eigenvalue weighted by atomic mass is 10.2. The second kappa shape index (κ2) is 2.41. The second-order valence-corrected chi connectivity index (χ2v) is 2.96. The van der Waals surface area contributed by atoms with Gasteiger partial charge in [0.1, 0.15) is 6.33 Å². The fraction of sp³-hybridized carbons (Fsp3) is 0. The smallest absolute Gasteiger partial charge is 0.278 e. The highest BCUT2D eigenvalue weighted by molar-refractivity contribution is 5.78. The van der Waals surface area contributed by atoms with Gasteiger partial charge in [0.25, 0.3) is 11.3 Å². The van der Waals surface area contributed by atoms with Gasteiger partial charge in [0.2, 0.25) is 0 Å². The summed E-state index contributed by atoms with van der Waals surface area (Å²) < 4.78 is 1.32. The van der Waals surface area contributed by atoms with Crippen molar-refractivity contribution in [3.63, 3.8) is 0 Å². The van der Waals surface area contributed by atoms with Gasteiger partial charge in [-0.05, 0) is 12.1 Å². The molecule has 0 saturated heterocycles. The number of benzene rings is 1. The van der Waals surface area contributed by atoms with Crippen LogP contribution in [0.4, 0.5) is 0 Å². The number of fused-ring (bicyclic) bond motifs is 2. The molecule has 0 spiro atoms. The molecule has 2 aromatic heterocycles. The van der Waals surface area contributed by atoms with E-state index in [1.54, 1.807) is 12.1 Å². The minimum Gasteiger partial charge on any atom is -0.278 e. The summed E-state index contributed by atoms with van der Waals surface area (Å²) in [6.45, 7) is 0. The van der Waals surface area contributed by atoms with E-state index in [4.69, 9.17) is 0 Å². The first-order chi connectivity index (χ1) is 6.86. The van der Waals surface area contributed by atoms with Gasteiger partial charge in [-0.25, -0.2) is 9.97 Å². The summed E-state index contributed by atoms with van der Waals surface area (Å²) in [6, 6.07) is 7.20. The first-order valence-electron chi connectivity index (χ1n) is 4.17. The van der Waals surface area contributed by atoms with E-state index < -0.39 is 0 Å². The molecule has 0 amide bonds. The van der Waals surface area contributed by atoms with Crippen molar-refractivity contribution >= 4 is 16.7 Å². The van der Waals surface area contributed by atoms with E-state index >= 15 is 0 Å². The molecule has 0 saturated carbocycles. The van der Waals surface area contributed by atoms with Crippen LogP contribution in [-0.2, 0) is 0 Å². The minimum absolute atomic E-state index is 0.122. The minimum atomic E-state index is -0.122. The number of nitrogens with zero attached hydrogens (tertiary/aromatic N) is 3. The fourth-order valence-corrected chi connectivity index (χ4v) is 1.47. The van der Waals surface area contributed by atoms with Gasteiger partial charge in [0, 0.05) is 0 Å². The molecule has 0 atom stereocenters. The Bertz CT molecular complexity index is 667. The molecule has 0 bridgehead atoms. The molecule has 68 valence electrons. The van der Waals surface area contributed by atoms with E-state index in [1.165, 1.54) is 10.8 Å². The molecular formula is C9H6N4O. The SMILES string of the molecule is O=c1c2ccccc2nc2nc[nH]n12. The summed E-state index contributed by atoms with van der Waals surface area (Å²) >= 11 is 0. The maximum Gasteiger partial charge on any atom is 0.281 e. The number of rotatable bonds is 0. The van der Waals surface area contributed by atoms with E-state index in [9.17, 15) is 4.79 Å². The molecular weight excluding hydrogens is 180 g/mol. The Hall–Kier alpha value is -2.17. The molecule has 0 aliphatic heterocycles. The largest absolute Gasteiger partial charge is 0.281 e. The van der Waals surface area contributed by atoms with E-state index in [-0.39, 0.29) is 5.56 Å². The van der Waals surface area contributed by atoms with Crippen LogP contribution in [0.3, 0.4) is 0 Å². The van der Waals surface area contributed by atoms with Crippen LogP contribution in [0.15, 0.2) is 35.4 Å². The molecule has 14 heavy (non-hydrogen) atoms. The summed E-state index contributed by atoms with van der Waals surface area (Å²) in [6.07, 6.45) is 1.45. The van der Waals surface area contributed by atoms with Gasteiger partial charge in [-0.2, -0.15) is 4.52 Å². The Morgan fingerprint density at radius 1 is 1.29 bits per heavy atom. The zero-order valence-corrected chi connectivity index (χ0v) is 7.14. The number of para-hydroxylation sites is 1. The third-order valence-electron chi connectivity index (χ3n) is 2.12. The number of hydrogen-bond acceptors (Lipinski definition) is 3. The number of aromatic amines is 1. The topological polar surface area (TPSA) is 63.0 Å². The van der Waals surface area contributed by atoms with Crippen LogP contribution < -0.4 is 5.56 Å². The van der Waals surface area contributed by atoms with Crippen LogP contribution in [0, 0.1) is 0 Å². The van der Waals surface area contributed by atoms with Gasteiger partial charge in [-0.1, -0.05) is 12.1 Å². The van der Waals surface area contributed by atoms with E-state index in [2.05, 4.69) is 15.1 Å². The Morgan fingerprint density at radius 3 is 3.07 bits per heavy atom. The van der Waals surface area contributed by atoms with Crippen LogP contribution in [0.2, 0.25) is 0 Å². The lowest BCUT2D eigenvalue weighted by molar-refractivity contribution is 0.915. The van der Waals surface area contributed by atoms with Gasteiger partial charge in [-0.15, -0.1) is 0 Å². The summed E-state index contributed by atoms with van der Waals surface area (Å²) in [4.78, 5) is 19.9. The molecule has 5 heteroatoms. The summed E-state index contributed by atoms with van der Waals surface area (Å²) in [5.41, 5.74) is 0.549. The molecule has 3 rings (SSSR count). The highest BCUT2D eigenvalue weighted by Crippen LogP contribution is 2.05. The third-order valence-corrected chi connectivity index (χ3v) is 2.12. The summed E-state index contributed by atoms with van der Waals surface area (Å²) in [5, 5.41) is 3.30. The van der Waals surface area contributed by atoms with Crippen molar-refractivity contribution in [3.05, 3.63) is 40.9 Å². The van der Waals surface area contributed by atoms with Gasteiger partial charge in [-0.3, -0.25) is 9.89 Å². The third kappa shape index (κ3) is 0.806. The van der Waals surface area contributed by atoms with E-state index in [0.29, 0.717) is 16.7 Å². The second-order valence-electron chi connectivity index (χ2n) is 2.96. The molecule has 2 heterocycles. The normalized spacial score (nSPS) is 11.1. The first kappa shape index (κ1) is 7.25. The zero-order chi connectivity index (χ0) is 9.54. The van der Waals surface area contributed by atoms with Crippen molar-refractivity contribution in [1.29, 1.82) is 0 Å². The van der Waals surface area contributed by atoms with Crippen molar-refractivity contribution < 1.29 is 0 Å². The molecule has 3 aromatic rings. The highest BCUT2D eigenvalue weighted by atomic mass is 16.1. The Kier molecular flexibility index (Phi) is 1.25. The molecule has 1 aromatic carbocycles. The van der Waals surface area contributed by atoms with Crippen LogP contribution in [0.5, 0.6) is 0 Å². The van der Waals surface area contributed by atoms with Crippen molar-refractivity contribution in [1.82, 2.24) is 19.6 Å². The summed E-state index contributed by atoms with van der Waals surface area (Å²) in [5.74, 6) is 0.397. The van der Waals surface area contributed by atoms with E-state index in [1.807, 2.05) is 12.1 Å². The molecule has 1 N–H and O–H groups in total. The van der Waals surface area contributed by atoms with Crippen LogP contribution >= 0.6 is 0 Å². The quantitative estimate of drug-likeness (QED) is 0.558. The van der Waals surface area contributed by atoms with Crippen LogP contribution in [0.1, 0.15) is 0 Å². The number of H-pyrrole nitrogens is 1. The Balaban J connectivity index is 2.70. The average molecular weight is 186 g/mol. The molecule has 0 aliphatic carbocycles. The van der Waals surface area contributed by atoms with Gasteiger partial charge < -0.3 is 0 Å². The van der Waals surface area contributed by atoms with Crippen molar-refractivity contribution in [3.8, 4) is 0 Å². The lowest BCUT2D eigenvalue weighted by Crippen LogP contribution is -2.15. The fourth-order valence-electron chi connectivity index (χ4n) is 1.47. The molecule has 0 radical (unpaired) electrons. The predicted octanol–water partition coefficient (Wildman–Crippen LogP) is 0.571. The van der Waals surface area contributed by atoms with Crippen LogP contribution in [-0.4, -0.2) is 19.6 Å². The van der Waals surface area contributed by atoms with Gasteiger partial charge >= 0.3 is 0 Å². The maximum atomic E-state index is 11.8. The average Bonchev–Trinajstić information content (AvgIpc) is 2.66. The predicted molar refractivity (Wildman–Crippen MR) is 51.1 cm³/mol. The number of aromatic nitrogens is 4. The number of hydrogen-bond donors (Lipinski definition) is 1. The highest BCUT2D eigenvalue weighted by Gasteiger charge is 2.04. The molecule has 5 nitrogen and oxygen atoms in total. The lowest BCUT2D eigenvalue weighted by Gasteiger charge is -1.95. The van der Waals surface area contributed by atoms with E-state index in [0.717, 1.165) is 0 Å². The van der Waals surface area contributed by atoms with Crippen molar-refractivity contribution in [2.45, 2.75) is 0 Å². The monoisotopic (exact) mass is 186 g/mol. The standard InChI is InChI=1S/C9H6N4O/c14-8-6-3-1-2-4-7(6)12-9-10-5-11-13(8)9/h1-5H,(H,10,11,12). The molecule has 0 aliphatic rings. The number of nitrogens with one attached hydrogen (secondary N) is 1. The molecule has 0 fully saturated rings. The molecule has 0 unspecified atom stereocenters. The van der Waals surface area contributed by atoms with Gasteiger partial charge in [0.15, 0.2) is 0 Å². The van der Waals surface area contributed by atoms with Crippen LogP contribution in [0.25, 0.3) is 16.7 Å².